The molecule has 1 aliphatic heterocycles. The highest BCUT2D eigenvalue weighted by Crippen LogP contribution is 2.36. The number of nitrogens with one attached hydrogen (secondary N) is 1. The molecule has 7 nitrogen and oxygen atoms in total. The van der Waals surface area contributed by atoms with Gasteiger partial charge < -0.3 is 10.3 Å². The van der Waals surface area contributed by atoms with Gasteiger partial charge in [-0.2, -0.15) is 0 Å². The van der Waals surface area contributed by atoms with Gasteiger partial charge in [0.15, 0.2) is 0 Å². The van der Waals surface area contributed by atoms with Crippen LogP contribution in [0, 0.1) is 10.1 Å². The summed E-state index contributed by atoms with van der Waals surface area (Å²) in [6.45, 7) is 5.77. The Morgan fingerprint density at radius 3 is 2.45 bits per heavy atom. The normalized spacial score (nSPS) is 23.7. The molecule has 0 aromatic heterocycles. The highest BCUT2D eigenvalue weighted by molar-refractivity contribution is 5.76. The largest absolute Gasteiger partial charge is 0.363 e. The van der Waals surface area contributed by atoms with Crippen LogP contribution in [-0.4, -0.2) is 42.0 Å². The fourth-order valence-corrected chi connectivity index (χ4v) is 2.70. The summed E-state index contributed by atoms with van der Waals surface area (Å²) in [4.78, 5) is 15.3. The maximum Gasteiger partial charge on any atom is 0.316 e. The van der Waals surface area contributed by atoms with Crippen molar-refractivity contribution in [2.24, 2.45) is 5.84 Å². The Balaban J connectivity index is 2.40. The van der Waals surface area contributed by atoms with Crippen molar-refractivity contribution in [2.75, 3.05) is 30.5 Å². The monoisotopic (exact) mass is 279 g/mol. The molecule has 0 saturated carbocycles. The molecule has 1 saturated heterocycles. The molecule has 2 rings (SSSR count). The zero-order valence-electron chi connectivity index (χ0n) is 12.0. The molecule has 20 heavy (non-hydrogen) atoms. The maximum absolute atomic E-state index is 11.3. The summed E-state index contributed by atoms with van der Waals surface area (Å²) in [6, 6.07) is 5.86. The fraction of sp³-hybridized carbons (Fsp3) is 0.538. The summed E-state index contributed by atoms with van der Waals surface area (Å²) in [5.41, 5.74) is 3.41. The number of hydrogen-bond donors (Lipinski definition) is 2. The molecule has 1 aromatic carbocycles. The highest BCUT2D eigenvalue weighted by atomic mass is 16.6. The number of nitrogen functional groups attached to an aromatic ring is 1. The Bertz CT molecular complexity index is 496. The van der Waals surface area contributed by atoms with Gasteiger partial charge in [0.2, 0.25) is 0 Å². The molecule has 1 heterocycles. The van der Waals surface area contributed by atoms with Crippen LogP contribution < -0.4 is 16.2 Å². The molecule has 0 radical (unpaired) electrons. The second-order valence-corrected chi connectivity index (χ2v) is 5.34. The molecular formula is C13H21N5O2. The van der Waals surface area contributed by atoms with Crippen molar-refractivity contribution < 1.29 is 4.92 Å². The van der Waals surface area contributed by atoms with Crippen molar-refractivity contribution in [1.29, 1.82) is 0 Å². The van der Waals surface area contributed by atoms with E-state index < -0.39 is 0 Å². The zero-order valence-corrected chi connectivity index (χ0v) is 12.0. The lowest BCUT2D eigenvalue weighted by Crippen LogP contribution is -2.55. The van der Waals surface area contributed by atoms with Crippen molar-refractivity contribution in [2.45, 2.75) is 25.9 Å². The summed E-state index contributed by atoms with van der Waals surface area (Å²) in [5, 5.41) is 11.3. The number of anilines is 2. The third-order valence-corrected chi connectivity index (χ3v) is 4.05. The van der Waals surface area contributed by atoms with Gasteiger partial charge in [0.1, 0.15) is 11.4 Å². The lowest BCUT2D eigenvalue weighted by Gasteiger charge is -2.43. The second kappa shape index (κ2) is 5.64. The number of hydrogen-bond acceptors (Lipinski definition) is 6. The molecule has 1 aromatic rings. The fourth-order valence-electron chi connectivity index (χ4n) is 2.70. The molecule has 3 N–H and O–H groups in total. The molecule has 0 aliphatic carbocycles. The quantitative estimate of drug-likeness (QED) is 0.494. The first-order valence-corrected chi connectivity index (χ1v) is 6.66. The predicted molar refractivity (Wildman–Crippen MR) is 79.8 cm³/mol. The summed E-state index contributed by atoms with van der Waals surface area (Å²) < 4.78 is 0. The first kappa shape index (κ1) is 14.5. The number of nitrogens with two attached hydrogens (primary N) is 1. The summed E-state index contributed by atoms with van der Waals surface area (Å²) in [5.74, 6) is 5.38. The third kappa shape index (κ3) is 2.54. The SMILES string of the molecule is CC1CN(c2cccc(NN)c2[N+](=O)[O-])CC(C)N1C. The first-order chi connectivity index (χ1) is 9.45. The van der Waals surface area contributed by atoms with E-state index in [0.717, 1.165) is 13.1 Å². The van der Waals surface area contributed by atoms with E-state index in [4.69, 9.17) is 5.84 Å². The van der Waals surface area contributed by atoms with Gasteiger partial charge in [0.25, 0.3) is 0 Å². The van der Waals surface area contributed by atoms with Gasteiger partial charge in [-0.15, -0.1) is 0 Å². The van der Waals surface area contributed by atoms with E-state index >= 15 is 0 Å². The van der Waals surface area contributed by atoms with Gasteiger partial charge >= 0.3 is 5.69 Å². The van der Waals surface area contributed by atoms with Gasteiger partial charge in [0, 0.05) is 25.2 Å². The molecule has 0 spiro atoms. The number of nitro benzene ring substituents is 1. The number of nitro groups is 1. The van der Waals surface area contributed by atoms with Crippen molar-refractivity contribution >= 4 is 17.1 Å². The average Bonchev–Trinajstić information content (AvgIpc) is 2.43. The number of para-hydroxylation sites is 1. The minimum atomic E-state index is -0.377. The van der Waals surface area contributed by atoms with Crippen LogP contribution in [0.5, 0.6) is 0 Å². The van der Waals surface area contributed by atoms with E-state index in [1.54, 1.807) is 18.2 Å². The molecule has 2 unspecified atom stereocenters. The molecule has 2 atom stereocenters. The Hall–Kier alpha value is -1.86. The lowest BCUT2D eigenvalue weighted by atomic mass is 10.1. The van der Waals surface area contributed by atoms with Crippen molar-refractivity contribution in [1.82, 2.24) is 4.90 Å². The Morgan fingerprint density at radius 2 is 1.95 bits per heavy atom. The minimum absolute atomic E-state index is 0.0407. The summed E-state index contributed by atoms with van der Waals surface area (Å²) in [7, 11) is 2.08. The smallest absolute Gasteiger partial charge is 0.316 e. The van der Waals surface area contributed by atoms with Crippen LogP contribution in [0.15, 0.2) is 18.2 Å². The topological polar surface area (TPSA) is 87.7 Å². The standard InChI is InChI=1S/C13H21N5O2/c1-9-7-17(8-10(2)16(9)3)12-6-4-5-11(15-14)13(12)18(19)20/h4-6,9-10,15H,7-8,14H2,1-3H3. The Morgan fingerprint density at radius 1 is 1.35 bits per heavy atom. The van der Waals surface area contributed by atoms with Gasteiger partial charge in [-0.3, -0.25) is 20.9 Å². The van der Waals surface area contributed by atoms with Crippen LogP contribution >= 0.6 is 0 Å². The maximum atomic E-state index is 11.3. The minimum Gasteiger partial charge on any atom is -0.363 e. The number of likely N-dealkylation sites (N-methyl/N-ethyl adjacent to an activating group) is 1. The Kier molecular flexibility index (Phi) is 4.10. The van der Waals surface area contributed by atoms with E-state index in [1.807, 2.05) is 0 Å². The number of nitrogens with zero attached hydrogens (tertiary/aromatic N) is 3. The van der Waals surface area contributed by atoms with E-state index in [-0.39, 0.29) is 10.6 Å². The molecule has 0 amide bonds. The average molecular weight is 279 g/mol. The van der Waals surface area contributed by atoms with Crippen LogP contribution in [0.4, 0.5) is 17.1 Å². The predicted octanol–water partition coefficient (Wildman–Crippen LogP) is 1.41. The van der Waals surface area contributed by atoms with Crippen LogP contribution in [0.25, 0.3) is 0 Å². The van der Waals surface area contributed by atoms with Gasteiger partial charge in [-0.05, 0) is 33.0 Å². The van der Waals surface area contributed by atoms with E-state index in [2.05, 4.69) is 36.1 Å². The van der Waals surface area contributed by atoms with Crippen molar-refractivity contribution in [3.63, 3.8) is 0 Å². The first-order valence-electron chi connectivity index (χ1n) is 6.66. The molecule has 1 fully saturated rings. The van der Waals surface area contributed by atoms with E-state index in [0.29, 0.717) is 23.5 Å². The molecule has 7 heteroatoms. The number of benzene rings is 1. The van der Waals surface area contributed by atoms with Crippen LogP contribution in [0.2, 0.25) is 0 Å². The van der Waals surface area contributed by atoms with Gasteiger partial charge in [-0.1, -0.05) is 6.07 Å². The number of rotatable bonds is 3. The van der Waals surface area contributed by atoms with Crippen molar-refractivity contribution in [3.05, 3.63) is 28.3 Å². The summed E-state index contributed by atoms with van der Waals surface area (Å²) >= 11 is 0. The number of hydrazine groups is 1. The van der Waals surface area contributed by atoms with Gasteiger partial charge in [0.05, 0.1) is 4.92 Å². The molecule has 1 aliphatic rings. The highest BCUT2D eigenvalue weighted by Gasteiger charge is 2.31. The van der Waals surface area contributed by atoms with Crippen LogP contribution in [0.1, 0.15) is 13.8 Å². The van der Waals surface area contributed by atoms with Crippen LogP contribution in [-0.2, 0) is 0 Å². The lowest BCUT2D eigenvalue weighted by molar-refractivity contribution is -0.383. The zero-order chi connectivity index (χ0) is 14.9. The molecular weight excluding hydrogens is 258 g/mol. The third-order valence-electron chi connectivity index (χ3n) is 4.05. The second-order valence-electron chi connectivity index (χ2n) is 5.34. The van der Waals surface area contributed by atoms with E-state index in [9.17, 15) is 10.1 Å². The number of piperazine rings is 1. The molecule has 110 valence electrons. The van der Waals surface area contributed by atoms with Crippen molar-refractivity contribution in [3.8, 4) is 0 Å². The Labute approximate surface area is 118 Å². The molecule has 0 bridgehead atoms. The van der Waals surface area contributed by atoms with Crippen LogP contribution in [0.3, 0.4) is 0 Å². The van der Waals surface area contributed by atoms with Gasteiger partial charge in [-0.25, -0.2) is 0 Å². The van der Waals surface area contributed by atoms with E-state index in [1.165, 1.54) is 0 Å². The summed E-state index contributed by atoms with van der Waals surface area (Å²) in [6.07, 6.45) is 0.